The minimum Gasteiger partial charge on any atom is -0.478 e. The van der Waals surface area contributed by atoms with E-state index < -0.39 is 5.97 Å². The van der Waals surface area contributed by atoms with Crippen LogP contribution in [0, 0.1) is 0 Å². The summed E-state index contributed by atoms with van der Waals surface area (Å²) in [6.07, 6.45) is 4.88. The Morgan fingerprint density at radius 3 is 2.56 bits per heavy atom. The molecule has 1 aliphatic heterocycles. The molecule has 0 aromatic carbocycles. The Labute approximate surface area is 96.9 Å². The van der Waals surface area contributed by atoms with Crippen molar-refractivity contribution in [2.45, 2.75) is 32.3 Å². The van der Waals surface area contributed by atoms with Crippen LogP contribution in [-0.4, -0.2) is 48.8 Å². The third-order valence-corrected chi connectivity index (χ3v) is 3.12. The first kappa shape index (κ1) is 13.2. The summed E-state index contributed by atoms with van der Waals surface area (Å²) in [5.74, 6) is -0.797. The number of hydrogen-bond donors (Lipinski definition) is 1. The van der Waals surface area contributed by atoms with Crippen molar-refractivity contribution >= 4 is 5.97 Å². The molecule has 0 radical (unpaired) electrons. The minimum atomic E-state index is -0.797. The van der Waals surface area contributed by atoms with E-state index in [1.54, 1.807) is 7.11 Å². The van der Waals surface area contributed by atoms with Crippen LogP contribution < -0.4 is 0 Å². The van der Waals surface area contributed by atoms with Crippen molar-refractivity contribution in [3.8, 4) is 0 Å². The SMILES string of the molecule is CCC(=CCN1CCC(OC)CC1)C(=O)O. The van der Waals surface area contributed by atoms with Crippen LogP contribution in [0.4, 0.5) is 0 Å². The normalized spacial score (nSPS) is 20.0. The van der Waals surface area contributed by atoms with Crippen LogP contribution in [0.1, 0.15) is 26.2 Å². The van der Waals surface area contributed by atoms with Gasteiger partial charge in [-0.25, -0.2) is 4.79 Å². The standard InChI is InChI=1S/C12H21NO3/c1-3-10(12(14)15)4-7-13-8-5-11(16-2)6-9-13/h4,11H,3,5-9H2,1-2H3,(H,14,15). The van der Waals surface area contributed by atoms with Crippen LogP contribution in [-0.2, 0) is 9.53 Å². The van der Waals surface area contributed by atoms with Crippen molar-refractivity contribution in [1.29, 1.82) is 0 Å². The van der Waals surface area contributed by atoms with E-state index in [9.17, 15) is 4.79 Å². The van der Waals surface area contributed by atoms with Crippen LogP contribution in [0.5, 0.6) is 0 Å². The molecule has 0 spiro atoms. The summed E-state index contributed by atoms with van der Waals surface area (Å²) in [7, 11) is 1.75. The van der Waals surface area contributed by atoms with Gasteiger partial charge in [0.15, 0.2) is 0 Å². The minimum absolute atomic E-state index is 0.380. The smallest absolute Gasteiger partial charge is 0.331 e. The van der Waals surface area contributed by atoms with Crippen molar-refractivity contribution < 1.29 is 14.6 Å². The van der Waals surface area contributed by atoms with Gasteiger partial charge in [-0.1, -0.05) is 13.0 Å². The maximum Gasteiger partial charge on any atom is 0.331 e. The number of carboxylic acids is 1. The Bertz CT molecular complexity index is 255. The zero-order valence-electron chi connectivity index (χ0n) is 10.1. The van der Waals surface area contributed by atoms with Crippen molar-refractivity contribution in [2.24, 2.45) is 0 Å². The van der Waals surface area contributed by atoms with Crippen LogP contribution in [0.3, 0.4) is 0 Å². The molecule has 1 N–H and O–H groups in total. The Kier molecular flexibility index (Phi) is 5.49. The Balaban J connectivity index is 2.36. The molecule has 0 atom stereocenters. The van der Waals surface area contributed by atoms with Gasteiger partial charge in [-0.15, -0.1) is 0 Å². The van der Waals surface area contributed by atoms with Crippen LogP contribution in [0.2, 0.25) is 0 Å². The molecular formula is C12H21NO3. The van der Waals surface area contributed by atoms with Gasteiger partial charge in [-0.3, -0.25) is 4.90 Å². The van der Waals surface area contributed by atoms with Crippen molar-refractivity contribution in [3.05, 3.63) is 11.6 Å². The van der Waals surface area contributed by atoms with Gasteiger partial charge < -0.3 is 9.84 Å². The molecule has 0 saturated carbocycles. The second kappa shape index (κ2) is 6.66. The first-order chi connectivity index (χ1) is 7.67. The van der Waals surface area contributed by atoms with Crippen LogP contribution in [0.15, 0.2) is 11.6 Å². The van der Waals surface area contributed by atoms with Gasteiger partial charge in [-0.2, -0.15) is 0 Å². The summed E-state index contributed by atoms with van der Waals surface area (Å²) in [6.45, 7) is 4.60. The average Bonchev–Trinajstić information content (AvgIpc) is 2.30. The molecule has 1 rings (SSSR count). The summed E-state index contributed by atoms with van der Waals surface area (Å²) in [4.78, 5) is 13.1. The predicted octanol–water partition coefficient (Wildman–Crippen LogP) is 1.52. The van der Waals surface area contributed by atoms with Gasteiger partial charge in [0.25, 0.3) is 0 Å². The predicted molar refractivity (Wildman–Crippen MR) is 62.5 cm³/mol. The molecular weight excluding hydrogens is 206 g/mol. The molecule has 0 unspecified atom stereocenters. The van der Waals surface area contributed by atoms with Gasteiger partial charge in [0.05, 0.1) is 6.10 Å². The molecule has 1 saturated heterocycles. The lowest BCUT2D eigenvalue weighted by Crippen LogP contribution is -2.36. The number of hydrogen-bond acceptors (Lipinski definition) is 3. The summed E-state index contributed by atoms with van der Waals surface area (Å²) in [6, 6.07) is 0. The molecule has 4 heteroatoms. The fraction of sp³-hybridized carbons (Fsp3) is 0.750. The highest BCUT2D eigenvalue weighted by molar-refractivity contribution is 5.86. The summed E-state index contributed by atoms with van der Waals surface area (Å²) < 4.78 is 5.29. The molecule has 0 amide bonds. The first-order valence-electron chi connectivity index (χ1n) is 5.84. The van der Waals surface area contributed by atoms with Gasteiger partial charge >= 0.3 is 5.97 Å². The van der Waals surface area contributed by atoms with E-state index in [0.29, 0.717) is 18.1 Å². The summed E-state index contributed by atoms with van der Waals surface area (Å²) in [5, 5.41) is 8.88. The van der Waals surface area contributed by atoms with Gasteiger partial charge in [0.2, 0.25) is 0 Å². The number of rotatable bonds is 5. The lowest BCUT2D eigenvalue weighted by atomic mass is 10.1. The van der Waals surface area contributed by atoms with Crippen LogP contribution in [0.25, 0.3) is 0 Å². The monoisotopic (exact) mass is 227 g/mol. The fourth-order valence-electron chi connectivity index (χ4n) is 1.95. The van der Waals surface area contributed by atoms with E-state index in [1.807, 2.05) is 13.0 Å². The molecule has 0 aromatic rings. The molecule has 0 aliphatic carbocycles. The number of likely N-dealkylation sites (tertiary alicyclic amines) is 1. The second-order valence-electron chi connectivity index (χ2n) is 4.12. The molecule has 4 nitrogen and oxygen atoms in total. The second-order valence-corrected chi connectivity index (χ2v) is 4.12. The highest BCUT2D eigenvalue weighted by Gasteiger charge is 2.17. The van der Waals surface area contributed by atoms with E-state index in [1.165, 1.54) is 0 Å². The number of aliphatic carboxylic acids is 1. The zero-order chi connectivity index (χ0) is 12.0. The Morgan fingerprint density at radius 2 is 2.12 bits per heavy atom. The molecule has 0 aromatic heterocycles. The third kappa shape index (κ3) is 3.94. The number of piperidine rings is 1. The van der Waals surface area contributed by atoms with Gasteiger partial charge in [-0.05, 0) is 19.3 Å². The molecule has 1 heterocycles. The third-order valence-electron chi connectivity index (χ3n) is 3.12. The summed E-state index contributed by atoms with van der Waals surface area (Å²) >= 11 is 0. The van der Waals surface area contributed by atoms with E-state index in [2.05, 4.69) is 4.90 Å². The maximum absolute atomic E-state index is 10.8. The van der Waals surface area contributed by atoms with E-state index in [4.69, 9.17) is 9.84 Å². The zero-order valence-corrected chi connectivity index (χ0v) is 10.1. The summed E-state index contributed by atoms with van der Waals surface area (Å²) in [5.41, 5.74) is 0.508. The Morgan fingerprint density at radius 1 is 1.50 bits per heavy atom. The fourth-order valence-corrected chi connectivity index (χ4v) is 1.95. The first-order valence-corrected chi connectivity index (χ1v) is 5.84. The highest BCUT2D eigenvalue weighted by atomic mass is 16.5. The highest BCUT2D eigenvalue weighted by Crippen LogP contribution is 2.13. The lowest BCUT2D eigenvalue weighted by Gasteiger charge is -2.30. The van der Waals surface area contributed by atoms with E-state index in [0.717, 1.165) is 32.5 Å². The number of ether oxygens (including phenoxy) is 1. The average molecular weight is 227 g/mol. The number of nitrogens with zero attached hydrogens (tertiary/aromatic N) is 1. The van der Waals surface area contributed by atoms with Crippen molar-refractivity contribution in [3.63, 3.8) is 0 Å². The van der Waals surface area contributed by atoms with Gasteiger partial charge in [0.1, 0.15) is 0 Å². The van der Waals surface area contributed by atoms with E-state index in [-0.39, 0.29) is 0 Å². The number of carbonyl (C=O) groups is 1. The van der Waals surface area contributed by atoms with Crippen molar-refractivity contribution in [1.82, 2.24) is 4.90 Å². The quantitative estimate of drug-likeness (QED) is 0.723. The maximum atomic E-state index is 10.8. The number of carboxylic acid groups (broad SMARTS) is 1. The van der Waals surface area contributed by atoms with Gasteiger partial charge in [0, 0.05) is 32.3 Å². The molecule has 1 aliphatic rings. The topological polar surface area (TPSA) is 49.8 Å². The van der Waals surface area contributed by atoms with E-state index >= 15 is 0 Å². The Hall–Kier alpha value is -0.870. The largest absolute Gasteiger partial charge is 0.478 e. The molecule has 0 bridgehead atoms. The van der Waals surface area contributed by atoms with Crippen LogP contribution >= 0.6 is 0 Å². The lowest BCUT2D eigenvalue weighted by molar-refractivity contribution is -0.132. The molecule has 1 fully saturated rings. The van der Waals surface area contributed by atoms with Crippen molar-refractivity contribution in [2.75, 3.05) is 26.7 Å². The molecule has 92 valence electrons. The number of methoxy groups -OCH3 is 1. The molecule has 16 heavy (non-hydrogen) atoms.